The van der Waals surface area contributed by atoms with Crippen LogP contribution >= 0.6 is 19.4 Å². The monoisotopic (exact) mass is 318 g/mol. The molecule has 0 amide bonds. The van der Waals surface area contributed by atoms with E-state index in [0.29, 0.717) is 14.2 Å². The highest BCUT2D eigenvalue weighted by Crippen LogP contribution is 2.63. The third-order valence-electron chi connectivity index (χ3n) is 1.70. The molecule has 0 unspecified atom stereocenters. The lowest BCUT2D eigenvalue weighted by Crippen LogP contribution is -2.27. The molecule has 0 atom stereocenters. The Morgan fingerprint density at radius 3 is 1.50 bits per heavy atom. The molecule has 3 nitrogen and oxygen atoms in total. The molecule has 0 bridgehead atoms. The second-order valence-electron chi connectivity index (χ2n) is 2.74. The summed E-state index contributed by atoms with van der Waals surface area (Å²) in [5, 5.41) is 0. The van der Waals surface area contributed by atoms with Gasteiger partial charge in [0.2, 0.25) is 0 Å². The van der Waals surface area contributed by atoms with Crippen molar-refractivity contribution in [2.75, 3.05) is 20.5 Å². The fraction of sp³-hybridized carbons (Fsp3) is 0.714. The minimum Gasteiger partial charge on any atom is -0.308 e. The summed E-state index contributed by atoms with van der Waals surface area (Å²) in [6.45, 7) is 0. The maximum absolute atomic E-state index is 12.4. The molecule has 0 N–H and O–H groups in total. The highest BCUT2D eigenvalue weighted by Gasteiger charge is 2.56. The average molecular weight is 318 g/mol. The second-order valence-corrected chi connectivity index (χ2v) is 6.03. The van der Waals surface area contributed by atoms with Gasteiger partial charge in [-0.15, -0.1) is 11.8 Å². The Labute approximate surface area is 103 Å². The molecular formula is C7H9F6O3PS. The van der Waals surface area contributed by atoms with Crippen molar-refractivity contribution < 1.29 is 40.0 Å². The van der Waals surface area contributed by atoms with Crippen molar-refractivity contribution in [3.8, 4) is 0 Å². The quantitative estimate of drug-likeness (QED) is 0.576. The Hall–Kier alpha value is -0.180. The third kappa shape index (κ3) is 3.91. The highest BCUT2D eigenvalue weighted by molar-refractivity contribution is 8.09. The third-order valence-corrected chi connectivity index (χ3v) is 5.20. The Morgan fingerprint density at radius 2 is 1.33 bits per heavy atom. The average Bonchev–Trinajstić information content (AvgIpc) is 2.21. The summed E-state index contributed by atoms with van der Waals surface area (Å²) in [5.41, 5.74) is -2.88. The molecule has 0 heterocycles. The van der Waals surface area contributed by atoms with Gasteiger partial charge in [0.1, 0.15) is 4.65 Å². The first-order valence-electron chi connectivity index (χ1n) is 4.08. The molecule has 0 spiro atoms. The lowest BCUT2D eigenvalue weighted by atomic mass is 10.3. The van der Waals surface area contributed by atoms with Gasteiger partial charge in [-0.05, 0) is 6.26 Å². The Balaban J connectivity index is 6.23. The van der Waals surface area contributed by atoms with E-state index in [0.717, 1.165) is 6.26 Å². The smallest absolute Gasteiger partial charge is 0.308 e. The molecule has 11 heteroatoms. The van der Waals surface area contributed by atoms with Gasteiger partial charge in [-0.1, -0.05) is 0 Å². The van der Waals surface area contributed by atoms with E-state index in [1.54, 1.807) is 0 Å². The maximum Gasteiger partial charge on any atom is 0.422 e. The number of hydrogen-bond acceptors (Lipinski definition) is 4. The predicted octanol–water partition coefficient (Wildman–Crippen LogP) is 4.17. The molecule has 0 aromatic heterocycles. The van der Waals surface area contributed by atoms with Crippen LogP contribution in [-0.2, 0) is 13.6 Å². The number of allylic oxidation sites excluding steroid dienone is 1. The van der Waals surface area contributed by atoms with Crippen LogP contribution in [0.15, 0.2) is 10.2 Å². The van der Waals surface area contributed by atoms with Crippen LogP contribution in [0.1, 0.15) is 0 Å². The normalized spacial score (nSPS) is 13.6. The Kier molecular flexibility index (Phi) is 5.79. The molecule has 0 aromatic carbocycles. The van der Waals surface area contributed by atoms with Crippen LogP contribution in [0, 0.1) is 0 Å². The van der Waals surface area contributed by atoms with E-state index in [1.165, 1.54) is 0 Å². The number of rotatable bonds is 4. The summed E-state index contributed by atoms with van der Waals surface area (Å²) >= 11 is 0.0144. The van der Waals surface area contributed by atoms with Crippen molar-refractivity contribution in [2.45, 2.75) is 12.4 Å². The molecular weight excluding hydrogens is 309 g/mol. The number of alkyl halides is 6. The fourth-order valence-corrected chi connectivity index (χ4v) is 3.78. The van der Waals surface area contributed by atoms with Crippen LogP contribution in [0.5, 0.6) is 0 Å². The molecule has 18 heavy (non-hydrogen) atoms. The zero-order valence-electron chi connectivity index (χ0n) is 9.35. The topological polar surface area (TPSA) is 35.5 Å². The van der Waals surface area contributed by atoms with Crippen LogP contribution < -0.4 is 0 Å². The lowest BCUT2D eigenvalue weighted by Gasteiger charge is -2.22. The summed E-state index contributed by atoms with van der Waals surface area (Å²) in [7, 11) is -3.24. The van der Waals surface area contributed by atoms with Crippen molar-refractivity contribution in [1.29, 1.82) is 0 Å². The van der Waals surface area contributed by atoms with Gasteiger partial charge in [-0.25, -0.2) is 0 Å². The molecule has 0 fully saturated rings. The molecule has 0 rings (SSSR count). The summed E-state index contributed by atoms with van der Waals surface area (Å²) in [5.74, 6) is 0. The van der Waals surface area contributed by atoms with Gasteiger partial charge in [0.05, 0.1) is 0 Å². The minimum atomic E-state index is -5.72. The Morgan fingerprint density at radius 1 is 1.00 bits per heavy atom. The molecule has 0 aromatic rings. The first kappa shape index (κ1) is 17.8. The molecule has 0 aliphatic rings. The summed E-state index contributed by atoms with van der Waals surface area (Å²) in [6, 6.07) is 0. The van der Waals surface area contributed by atoms with Gasteiger partial charge >= 0.3 is 19.9 Å². The largest absolute Gasteiger partial charge is 0.422 e. The summed E-state index contributed by atoms with van der Waals surface area (Å²) in [6.07, 6.45) is -10.5. The SMILES string of the molecule is COP(=O)(OC)C(SC)=C(C(F)(F)F)C(F)(F)F. The lowest BCUT2D eigenvalue weighted by molar-refractivity contribution is -0.172. The first-order chi connectivity index (χ1) is 7.94. The predicted molar refractivity (Wildman–Crippen MR) is 54.3 cm³/mol. The van der Waals surface area contributed by atoms with Gasteiger partial charge in [0.15, 0.2) is 5.57 Å². The van der Waals surface area contributed by atoms with Gasteiger partial charge in [-0.2, -0.15) is 26.3 Å². The standard InChI is InChI=1S/C7H9F6O3PS/c1-15-17(14,16-2)5(18-3)4(6(8,9)10)7(11,12)13/h1-3H3. The van der Waals surface area contributed by atoms with Crippen molar-refractivity contribution in [3.05, 3.63) is 10.2 Å². The molecule has 0 radical (unpaired) electrons. The van der Waals surface area contributed by atoms with Crippen LogP contribution in [-0.4, -0.2) is 32.8 Å². The summed E-state index contributed by atoms with van der Waals surface area (Å²) < 4.78 is 93.1. The zero-order chi connectivity index (χ0) is 14.8. The number of halogens is 6. The highest BCUT2D eigenvalue weighted by atomic mass is 32.2. The Bertz CT molecular complexity index is 350. The van der Waals surface area contributed by atoms with Crippen molar-refractivity contribution >= 4 is 19.4 Å². The minimum absolute atomic E-state index is 0.0144. The second kappa shape index (κ2) is 5.85. The van der Waals surface area contributed by atoms with Crippen LogP contribution in [0.2, 0.25) is 0 Å². The van der Waals surface area contributed by atoms with E-state index >= 15 is 0 Å². The molecule has 0 aliphatic carbocycles. The van der Waals surface area contributed by atoms with Crippen molar-refractivity contribution in [3.63, 3.8) is 0 Å². The number of hydrogen-bond donors (Lipinski definition) is 0. The van der Waals surface area contributed by atoms with E-state index in [-0.39, 0.29) is 11.8 Å². The van der Waals surface area contributed by atoms with E-state index in [9.17, 15) is 30.9 Å². The fourth-order valence-electron chi connectivity index (χ4n) is 0.994. The van der Waals surface area contributed by atoms with Crippen LogP contribution in [0.4, 0.5) is 26.3 Å². The van der Waals surface area contributed by atoms with E-state index in [2.05, 4.69) is 9.05 Å². The molecule has 0 saturated carbocycles. The molecule has 108 valence electrons. The molecule has 0 aliphatic heterocycles. The van der Waals surface area contributed by atoms with Crippen molar-refractivity contribution in [2.24, 2.45) is 0 Å². The maximum atomic E-state index is 12.4. The van der Waals surface area contributed by atoms with Crippen LogP contribution in [0.25, 0.3) is 0 Å². The first-order valence-corrected chi connectivity index (χ1v) is 6.85. The van der Waals surface area contributed by atoms with E-state index < -0.39 is 30.2 Å². The van der Waals surface area contributed by atoms with Crippen LogP contribution in [0.3, 0.4) is 0 Å². The van der Waals surface area contributed by atoms with Gasteiger partial charge in [0, 0.05) is 14.2 Å². The van der Waals surface area contributed by atoms with E-state index in [4.69, 9.17) is 0 Å². The van der Waals surface area contributed by atoms with Gasteiger partial charge < -0.3 is 9.05 Å². The van der Waals surface area contributed by atoms with Gasteiger partial charge in [0.25, 0.3) is 0 Å². The van der Waals surface area contributed by atoms with Crippen molar-refractivity contribution in [1.82, 2.24) is 0 Å². The van der Waals surface area contributed by atoms with Gasteiger partial charge in [-0.3, -0.25) is 4.57 Å². The zero-order valence-corrected chi connectivity index (χ0v) is 11.1. The number of thioether (sulfide) groups is 1. The summed E-state index contributed by atoms with van der Waals surface area (Å²) in [4.78, 5) is 0. The molecule has 0 saturated heterocycles. The van der Waals surface area contributed by atoms with E-state index in [1.807, 2.05) is 0 Å².